The molecule has 0 aliphatic rings. The van der Waals surface area contributed by atoms with Crippen LogP contribution in [0, 0.1) is 0 Å². The van der Waals surface area contributed by atoms with Crippen LogP contribution in [0.2, 0.25) is 5.02 Å². The number of carboxylic acid groups (broad SMARTS) is 1. The Labute approximate surface area is 123 Å². The van der Waals surface area contributed by atoms with Crippen molar-refractivity contribution in [2.75, 3.05) is 6.54 Å². The average molecular weight is 296 g/mol. The number of carbonyl (C=O) groups excluding carboxylic acids is 1. The summed E-state index contributed by atoms with van der Waals surface area (Å²) in [5.41, 5.74) is 0.104. The molecule has 4 nitrogen and oxygen atoms in total. The maximum absolute atomic E-state index is 12.5. The van der Waals surface area contributed by atoms with Crippen molar-refractivity contribution in [1.82, 2.24) is 4.90 Å². The maximum Gasteiger partial charge on any atom is 0.328 e. The van der Waals surface area contributed by atoms with Crippen LogP contribution in [0.25, 0.3) is 0 Å². The van der Waals surface area contributed by atoms with E-state index in [1.807, 2.05) is 20.8 Å². The molecule has 0 aliphatic heterocycles. The summed E-state index contributed by atoms with van der Waals surface area (Å²) in [6, 6.07) is 6.63. The highest BCUT2D eigenvalue weighted by molar-refractivity contribution is 6.30. The fourth-order valence-corrected chi connectivity index (χ4v) is 1.79. The van der Waals surface area contributed by atoms with E-state index in [1.165, 1.54) is 6.08 Å². The molecule has 0 heterocycles. The van der Waals surface area contributed by atoms with Crippen LogP contribution in [0.5, 0.6) is 0 Å². The fraction of sp³-hybridized carbons (Fsp3) is 0.333. The normalized spacial score (nSPS) is 11.6. The Hall–Kier alpha value is -1.81. The summed E-state index contributed by atoms with van der Waals surface area (Å²) in [4.78, 5) is 24.6. The van der Waals surface area contributed by atoms with Gasteiger partial charge >= 0.3 is 5.97 Å². The van der Waals surface area contributed by atoms with Gasteiger partial charge in [0.25, 0.3) is 5.91 Å². The third kappa shape index (κ3) is 4.70. The van der Waals surface area contributed by atoms with E-state index in [4.69, 9.17) is 16.7 Å². The van der Waals surface area contributed by atoms with E-state index in [2.05, 4.69) is 0 Å². The van der Waals surface area contributed by atoms with Gasteiger partial charge in [0.05, 0.1) is 0 Å². The first-order chi connectivity index (χ1) is 9.21. The van der Waals surface area contributed by atoms with Crippen molar-refractivity contribution in [3.63, 3.8) is 0 Å². The van der Waals surface area contributed by atoms with Gasteiger partial charge in [0.1, 0.15) is 0 Å². The van der Waals surface area contributed by atoms with Gasteiger partial charge in [-0.15, -0.1) is 0 Å². The Morgan fingerprint density at radius 1 is 1.25 bits per heavy atom. The van der Waals surface area contributed by atoms with Crippen LogP contribution in [0.1, 0.15) is 31.1 Å². The lowest BCUT2D eigenvalue weighted by Gasteiger charge is -2.35. The van der Waals surface area contributed by atoms with Crippen molar-refractivity contribution in [3.05, 3.63) is 47.0 Å². The number of halogens is 1. The van der Waals surface area contributed by atoms with Gasteiger partial charge in [-0.2, -0.15) is 0 Å². The van der Waals surface area contributed by atoms with E-state index in [9.17, 15) is 9.59 Å². The molecule has 0 saturated heterocycles. The first-order valence-electron chi connectivity index (χ1n) is 6.19. The van der Waals surface area contributed by atoms with Crippen molar-refractivity contribution in [2.24, 2.45) is 0 Å². The molecule has 5 heteroatoms. The summed E-state index contributed by atoms with van der Waals surface area (Å²) < 4.78 is 0. The van der Waals surface area contributed by atoms with Crippen molar-refractivity contribution in [2.45, 2.75) is 26.3 Å². The summed E-state index contributed by atoms with van der Waals surface area (Å²) in [6.07, 6.45) is 2.50. The average Bonchev–Trinajstić information content (AvgIpc) is 2.33. The molecule has 0 radical (unpaired) electrons. The Morgan fingerprint density at radius 3 is 2.25 bits per heavy atom. The first kappa shape index (κ1) is 16.2. The van der Waals surface area contributed by atoms with Gasteiger partial charge in [0.15, 0.2) is 0 Å². The van der Waals surface area contributed by atoms with Gasteiger partial charge < -0.3 is 10.0 Å². The van der Waals surface area contributed by atoms with Crippen molar-refractivity contribution < 1.29 is 14.7 Å². The summed E-state index contributed by atoms with van der Waals surface area (Å²) >= 11 is 5.80. The maximum atomic E-state index is 12.5. The molecule has 0 atom stereocenters. The van der Waals surface area contributed by atoms with Crippen LogP contribution in [0.15, 0.2) is 36.4 Å². The largest absolute Gasteiger partial charge is 0.478 e. The molecule has 0 bridgehead atoms. The zero-order valence-electron chi connectivity index (χ0n) is 11.8. The number of hydrogen-bond donors (Lipinski definition) is 1. The molecular weight excluding hydrogens is 278 g/mol. The number of amides is 1. The second-order valence-corrected chi connectivity index (χ2v) is 5.77. The third-order valence-corrected chi connectivity index (χ3v) is 2.95. The highest BCUT2D eigenvalue weighted by Gasteiger charge is 2.26. The minimum Gasteiger partial charge on any atom is -0.478 e. The van der Waals surface area contributed by atoms with Crippen LogP contribution >= 0.6 is 11.6 Å². The Balaban J connectivity index is 2.96. The molecule has 0 spiro atoms. The van der Waals surface area contributed by atoms with Gasteiger partial charge in [0.2, 0.25) is 0 Å². The van der Waals surface area contributed by atoms with Crippen molar-refractivity contribution in [3.8, 4) is 0 Å². The Bertz CT molecular complexity index is 515. The minimum absolute atomic E-state index is 0.163. The molecule has 0 aromatic heterocycles. The Morgan fingerprint density at radius 2 is 1.80 bits per heavy atom. The summed E-state index contributed by atoms with van der Waals surface area (Å²) in [5, 5.41) is 9.17. The molecule has 0 saturated carbocycles. The standard InChI is InChI=1S/C15H18ClNO3/c1-15(2,3)17(10-4-5-13(18)19)14(20)11-6-8-12(16)9-7-11/h4-9H,10H2,1-3H3,(H,18,19)/b5-4+. The van der Waals surface area contributed by atoms with E-state index in [0.717, 1.165) is 6.08 Å². The highest BCUT2D eigenvalue weighted by atomic mass is 35.5. The van der Waals surface area contributed by atoms with Crippen LogP contribution in [0.4, 0.5) is 0 Å². The van der Waals surface area contributed by atoms with Crippen LogP contribution in [-0.4, -0.2) is 34.0 Å². The summed E-state index contributed by atoms with van der Waals surface area (Å²) in [6.45, 7) is 5.93. The zero-order valence-corrected chi connectivity index (χ0v) is 12.5. The third-order valence-electron chi connectivity index (χ3n) is 2.69. The SMILES string of the molecule is CC(C)(C)N(C/C=C/C(=O)O)C(=O)c1ccc(Cl)cc1. The number of nitrogens with zero attached hydrogens (tertiary/aromatic N) is 1. The molecule has 1 rings (SSSR count). The topological polar surface area (TPSA) is 57.6 Å². The molecule has 0 fully saturated rings. The lowest BCUT2D eigenvalue weighted by atomic mass is 10.0. The summed E-state index contributed by atoms with van der Waals surface area (Å²) in [7, 11) is 0. The van der Waals surface area contributed by atoms with E-state index < -0.39 is 11.5 Å². The second kappa shape index (κ2) is 6.57. The van der Waals surface area contributed by atoms with Crippen molar-refractivity contribution in [1.29, 1.82) is 0 Å². The zero-order chi connectivity index (χ0) is 15.3. The lowest BCUT2D eigenvalue weighted by Crippen LogP contribution is -2.45. The molecule has 1 N–H and O–H groups in total. The second-order valence-electron chi connectivity index (χ2n) is 5.33. The van der Waals surface area contributed by atoms with E-state index in [-0.39, 0.29) is 12.5 Å². The van der Waals surface area contributed by atoms with Gasteiger partial charge in [-0.1, -0.05) is 17.7 Å². The van der Waals surface area contributed by atoms with Crippen LogP contribution in [-0.2, 0) is 4.79 Å². The van der Waals surface area contributed by atoms with Gasteiger partial charge in [0, 0.05) is 28.7 Å². The molecule has 1 amide bonds. The molecule has 0 unspecified atom stereocenters. The number of benzene rings is 1. The lowest BCUT2D eigenvalue weighted by molar-refractivity contribution is -0.131. The number of aliphatic carboxylic acids is 1. The van der Waals surface area contributed by atoms with Gasteiger partial charge in [-0.25, -0.2) is 4.79 Å². The van der Waals surface area contributed by atoms with Gasteiger partial charge in [-0.3, -0.25) is 4.79 Å². The number of rotatable bonds is 4. The first-order valence-corrected chi connectivity index (χ1v) is 6.56. The fourth-order valence-electron chi connectivity index (χ4n) is 1.67. The number of hydrogen-bond acceptors (Lipinski definition) is 2. The van der Waals surface area contributed by atoms with Crippen LogP contribution < -0.4 is 0 Å². The van der Waals surface area contributed by atoms with E-state index >= 15 is 0 Å². The van der Waals surface area contributed by atoms with E-state index in [0.29, 0.717) is 10.6 Å². The highest BCUT2D eigenvalue weighted by Crippen LogP contribution is 2.18. The Kier molecular flexibility index (Phi) is 5.34. The van der Waals surface area contributed by atoms with E-state index in [1.54, 1.807) is 29.2 Å². The molecule has 20 heavy (non-hydrogen) atoms. The van der Waals surface area contributed by atoms with Gasteiger partial charge in [-0.05, 0) is 45.0 Å². The molecule has 0 aliphatic carbocycles. The molecule has 1 aromatic carbocycles. The monoisotopic (exact) mass is 295 g/mol. The van der Waals surface area contributed by atoms with Crippen LogP contribution in [0.3, 0.4) is 0 Å². The minimum atomic E-state index is -1.03. The quantitative estimate of drug-likeness (QED) is 0.868. The van der Waals surface area contributed by atoms with Crippen molar-refractivity contribution >= 4 is 23.5 Å². The predicted molar refractivity (Wildman–Crippen MR) is 79.0 cm³/mol. The number of carbonyl (C=O) groups is 2. The molecule has 108 valence electrons. The number of carboxylic acids is 1. The molecule has 1 aromatic rings. The smallest absolute Gasteiger partial charge is 0.328 e. The predicted octanol–water partition coefficient (Wildman–Crippen LogP) is 3.22. The molecular formula is C15H18ClNO3. The summed E-state index contributed by atoms with van der Waals surface area (Å²) in [5.74, 6) is -1.19.